The topological polar surface area (TPSA) is 67.2 Å². The van der Waals surface area contributed by atoms with Crippen LogP contribution in [0.3, 0.4) is 0 Å². The van der Waals surface area contributed by atoms with Crippen LogP contribution in [0.2, 0.25) is 0 Å². The number of aromatic nitrogens is 1. The number of thiocarbonyl (C=S) groups is 1. The Morgan fingerprint density at radius 1 is 1.00 bits per heavy atom. The van der Waals surface area contributed by atoms with Crippen LogP contribution in [0.4, 0.5) is 5.69 Å². The molecule has 1 aromatic heterocycles. The average molecular weight is 401 g/mol. The number of nitrogens with zero attached hydrogens (tertiary/aromatic N) is 1. The minimum Gasteiger partial charge on any atom is -0.436 e. The van der Waals surface area contributed by atoms with Crippen LogP contribution in [-0.4, -0.2) is 16.0 Å². The fraction of sp³-hybridized carbons (Fsp3) is 0.0870. The van der Waals surface area contributed by atoms with E-state index in [1.165, 1.54) is 0 Å². The predicted molar refractivity (Wildman–Crippen MR) is 119 cm³/mol. The number of rotatable bonds is 3. The maximum Gasteiger partial charge on any atom is 0.257 e. The summed E-state index contributed by atoms with van der Waals surface area (Å²) in [6, 6.07) is 20.7. The predicted octanol–water partition coefficient (Wildman–Crippen LogP) is 5.24. The molecule has 0 aliphatic carbocycles. The van der Waals surface area contributed by atoms with Crippen molar-refractivity contribution in [2.45, 2.75) is 13.8 Å². The lowest BCUT2D eigenvalue weighted by molar-refractivity contribution is 0.0977. The molecule has 0 radical (unpaired) electrons. The molecule has 2 N–H and O–H groups in total. The molecule has 6 heteroatoms. The lowest BCUT2D eigenvalue weighted by Crippen LogP contribution is -2.34. The summed E-state index contributed by atoms with van der Waals surface area (Å²) in [5, 5.41) is 6.05. The fourth-order valence-corrected chi connectivity index (χ4v) is 3.31. The van der Waals surface area contributed by atoms with E-state index in [1.807, 2.05) is 74.5 Å². The average Bonchev–Trinajstić information content (AvgIpc) is 3.13. The zero-order valence-corrected chi connectivity index (χ0v) is 16.8. The van der Waals surface area contributed by atoms with Gasteiger partial charge in [-0.25, -0.2) is 4.98 Å². The van der Waals surface area contributed by atoms with E-state index in [-0.39, 0.29) is 11.0 Å². The SMILES string of the molecule is Cc1cccc(C(=O)NC(=S)Nc2cccc(-c3nc4ccccc4o3)c2C)c1. The van der Waals surface area contributed by atoms with Crippen LogP contribution in [0.5, 0.6) is 0 Å². The number of carbonyl (C=O) groups excluding carboxylic acids is 1. The van der Waals surface area contributed by atoms with E-state index in [0.29, 0.717) is 11.5 Å². The molecule has 29 heavy (non-hydrogen) atoms. The molecule has 0 bridgehead atoms. The van der Waals surface area contributed by atoms with E-state index >= 15 is 0 Å². The van der Waals surface area contributed by atoms with Crippen molar-refractivity contribution in [3.63, 3.8) is 0 Å². The molecule has 4 aromatic rings. The van der Waals surface area contributed by atoms with Gasteiger partial charge in [-0.1, -0.05) is 35.9 Å². The van der Waals surface area contributed by atoms with Gasteiger partial charge < -0.3 is 9.73 Å². The third-order valence-corrected chi connectivity index (χ3v) is 4.82. The van der Waals surface area contributed by atoms with Gasteiger partial charge in [-0.15, -0.1) is 0 Å². The molecule has 5 nitrogen and oxygen atoms in total. The molecule has 0 saturated heterocycles. The third kappa shape index (κ3) is 4.02. The van der Waals surface area contributed by atoms with E-state index in [1.54, 1.807) is 6.07 Å². The van der Waals surface area contributed by atoms with Gasteiger partial charge >= 0.3 is 0 Å². The Bertz CT molecular complexity index is 1200. The van der Waals surface area contributed by atoms with E-state index < -0.39 is 0 Å². The van der Waals surface area contributed by atoms with Crippen LogP contribution in [-0.2, 0) is 0 Å². The smallest absolute Gasteiger partial charge is 0.257 e. The lowest BCUT2D eigenvalue weighted by Gasteiger charge is -2.13. The maximum atomic E-state index is 12.4. The third-order valence-electron chi connectivity index (χ3n) is 4.61. The Labute approximate surface area is 173 Å². The molecule has 0 spiro atoms. The summed E-state index contributed by atoms with van der Waals surface area (Å²) in [4.78, 5) is 17.0. The Balaban J connectivity index is 1.54. The quantitative estimate of drug-likeness (QED) is 0.460. The van der Waals surface area contributed by atoms with Crippen molar-refractivity contribution in [3.05, 3.63) is 83.4 Å². The van der Waals surface area contributed by atoms with Gasteiger partial charge in [0.25, 0.3) is 5.91 Å². The monoisotopic (exact) mass is 401 g/mol. The molecule has 0 fully saturated rings. The standard InChI is InChI=1S/C23H19N3O2S/c1-14-7-5-8-16(13-14)21(27)26-23(29)25-18-11-6-9-17(15(18)2)22-24-19-10-3-4-12-20(19)28-22/h3-13H,1-2H3,(H2,25,26,27,29). The molecule has 0 atom stereocenters. The number of anilines is 1. The van der Waals surface area contributed by atoms with Crippen LogP contribution in [0.1, 0.15) is 21.5 Å². The van der Waals surface area contributed by atoms with Crippen LogP contribution < -0.4 is 10.6 Å². The van der Waals surface area contributed by atoms with Gasteiger partial charge in [0.1, 0.15) is 5.52 Å². The zero-order chi connectivity index (χ0) is 20.4. The molecule has 0 aliphatic heterocycles. The number of aryl methyl sites for hydroxylation is 1. The second-order valence-corrected chi connectivity index (χ2v) is 7.15. The molecule has 144 valence electrons. The lowest BCUT2D eigenvalue weighted by atomic mass is 10.1. The Kier molecular flexibility index (Phi) is 5.10. The summed E-state index contributed by atoms with van der Waals surface area (Å²) in [6.45, 7) is 3.89. The molecule has 3 aromatic carbocycles. The number of hydrogen-bond acceptors (Lipinski definition) is 4. The van der Waals surface area contributed by atoms with Gasteiger partial charge in [0.05, 0.1) is 0 Å². The first-order valence-corrected chi connectivity index (χ1v) is 9.56. The van der Waals surface area contributed by atoms with Gasteiger partial charge in [0, 0.05) is 16.8 Å². The number of benzene rings is 3. The van der Waals surface area contributed by atoms with Gasteiger partial charge in [-0.05, 0) is 68.0 Å². The molecule has 4 rings (SSSR count). The van der Waals surface area contributed by atoms with Crippen LogP contribution in [0.25, 0.3) is 22.6 Å². The van der Waals surface area contributed by atoms with Gasteiger partial charge in [0.2, 0.25) is 5.89 Å². The largest absolute Gasteiger partial charge is 0.436 e. The summed E-state index contributed by atoms with van der Waals surface area (Å²) < 4.78 is 5.89. The zero-order valence-electron chi connectivity index (χ0n) is 16.0. The Morgan fingerprint density at radius 3 is 2.59 bits per heavy atom. The fourth-order valence-electron chi connectivity index (χ4n) is 3.11. The molecule has 0 saturated carbocycles. The number of carbonyl (C=O) groups is 1. The van der Waals surface area contributed by atoms with Crippen LogP contribution in [0.15, 0.2) is 71.1 Å². The van der Waals surface area contributed by atoms with Gasteiger partial charge in [-0.2, -0.15) is 0 Å². The normalized spacial score (nSPS) is 10.7. The highest BCUT2D eigenvalue weighted by Gasteiger charge is 2.14. The van der Waals surface area contributed by atoms with Crippen molar-refractivity contribution in [1.82, 2.24) is 10.3 Å². The van der Waals surface area contributed by atoms with E-state index in [9.17, 15) is 4.79 Å². The number of para-hydroxylation sites is 2. The van der Waals surface area contributed by atoms with E-state index in [2.05, 4.69) is 15.6 Å². The Morgan fingerprint density at radius 2 is 1.79 bits per heavy atom. The highest BCUT2D eigenvalue weighted by atomic mass is 32.1. The van der Waals surface area contributed by atoms with Crippen molar-refractivity contribution in [2.24, 2.45) is 0 Å². The van der Waals surface area contributed by atoms with Crippen molar-refractivity contribution in [3.8, 4) is 11.5 Å². The number of nitrogens with one attached hydrogen (secondary N) is 2. The van der Waals surface area contributed by atoms with Crippen molar-refractivity contribution in [2.75, 3.05) is 5.32 Å². The van der Waals surface area contributed by atoms with Crippen molar-refractivity contribution >= 4 is 40.0 Å². The molecule has 1 amide bonds. The number of fused-ring (bicyclic) bond motifs is 1. The summed E-state index contributed by atoms with van der Waals surface area (Å²) in [7, 11) is 0. The second kappa shape index (κ2) is 7.85. The summed E-state index contributed by atoms with van der Waals surface area (Å²) in [5.41, 5.74) is 5.68. The van der Waals surface area contributed by atoms with Gasteiger partial charge in [-0.3, -0.25) is 10.1 Å². The summed E-state index contributed by atoms with van der Waals surface area (Å²) >= 11 is 5.34. The summed E-state index contributed by atoms with van der Waals surface area (Å²) in [6.07, 6.45) is 0. The van der Waals surface area contributed by atoms with Crippen molar-refractivity contribution in [1.29, 1.82) is 0 Å². The highest BCUT2D eigenvalue weighted by molar-refractivity contribution is 7.80. The molecular weight excluding hydrogens is 382 g/mol. The second-order valence-electron chi connectivity index (χ2n) is 6.74. The number of oxazole rings is 1. The first-order valence-electron chi connectivity index (χ1n) is 9.16. The minimum absolute atomic E-state index is 0.231. The molecule has 1 heterocycles. The molecular formula is C23H19N3O2S. The molecule has 0 unspecified atom stereocenters. The van der Waals surface area contributed by atoms with E-state index in [4.69, 9.17) is 16.6 Å². The molecule has 0 aliphatic rings. The Hall–Kier alpha value is -3.51. The minimum atomic E-state index is -0.251. The maximum absolute atomic E-state index is 12.4. The highest BCUT2D eigenvalue weighted by Crippen LogP contribution is 2.30. The van der Waals surface area contributed by atoms with Crippen molar-refractivity contribution < 1.29 is 9.21 Å². The first kappa shape index (κ1) is 18.8. The van der Waals surface area contributed by atoms with Gasteiger partial charge in [0.15, 0.2) is 10.7 Å². The first-order chi connectivity index (χ1) is 14.0. The van der Waals surface area contributed by atoms with Crippen LogP contribution >= 0.6 is 12.2 Å². The van der Waals surface area contributed by atoms with E-state index in [0.717, 1.165) is 33.5 Å². The number of hydrogen-bond donors (Lipinski definition) is 2. The number of amides is 1. The summed E-state index contributed by atoms with van der Waals surface area (Å²) in [5.74, 6) is 0.293. The van der Waals surface area contributed by atoms with Crippen LogP contribution in [0, 0.1) is 13.8 Å².